The molecule has 10 rings (SSSR count). The van der Waals surface area contributed by atoms with Crippen molar-refractivity contribution < 1.29 is 0 Å². The predicted molar refractivity (Wildman–Crippen MR) is 199 cm³/mol. The van der Waals surface area contributed by atoms with Crippen LogP contribution >= 0.6 is 45.3 Å². The number of hydrogen-bond donors (Lipinski definition) is 0. The summed E-state index contributed by atoms with van der Waals surface area (Å²) in [7, 11) is 0. The largest absolute Gasteiger partial charge is 0.135 e. The molecular weight excluding hydrogens is 609 g/mol. The monoisotopic (exact) mass is 630 g/mol. The molecule has 0 bridgehead atoms. The minimum atomic E-state index is 1.29. The van der Waals surface area contributed by atoms with Crippen LogP contribution in [0.15, 0.2) is 133 Å². The highest BCUT2D eigenvalue weighted by atomic mass is 32.1. The molecule has 0 radical (unpaired) electrons. The lowest BCUT2D eigenvalue weighted by atomic mass is 9.96. The van der Waals surface area contributed by atoms with Gasteiger partial charge in [-0.1, -0.05) is 97.1 Å². The Hall–Kier alpha value is -4.32. The summed E-state index contributed by atoms with van der Waals surface area (Å²) in [5.41, 5.74) is 5.28. The number of rotatable bonds is 3. The van der Waals surface area contributed by atoms with Gasteiger partial charge in [0.25, 0.3) is 0 Å². The van der Waals surface area contributed by atoms with Crippen molar-refractivity contribution in [1.29, 1.82) is 0 Å². The Bertz CT molecular complexity index is 2540. The summed E-state index contributed by atoms with van der Waals surface area (Å²) in [4.78, 5) is 2.72. The molecule has 0 fully saturated rings. The minimum absolute atomic E-state index is 1.29. The summed E-state index contributed by atoms with van der Waals surface area (Å²) in [5.74, 6) is 0. The molecule has 0 aliphatic carbocycles. The molecule has 4 heteroatoms. The summed E-state index contributed by atoms with van der Waals surface area (Å²) in [6.45, 7) is 0. The topological polar surface area (TPSA) is 0 Å². The Morgan fingerprint density at radius 1 is 0.273 bits per heavy atom. The van der Waals surface area contributed by atoms with Gasteiger partial charge in [-0.3, -0.25) is 0 Å². The van der Waals surface area contributed by atoms with Crippen molar-refractivity contribution in [2.24, 2.45) is 0 Å². The first-order chi connectivity index (χ1) is 21.8. The smallest absolute Gasteiger partial charge is 0.0540 e. The third-order valence-corrected chi connectivity index (χ3v) is 13.5. The van der Waals surface area contributed by atoms with Crippen LogP contribution in [-0.4, -0.2) is 0 Å². The van der Waals surface area contributed by atoms with E-state index in [0.29, 0.717) is 0 Å². The zero-order valence-corrected chi connectivity index (χ0v) is 26.6. The molecule has 4 aromatic heterocycles. The highest BCUT2D eigenvalue weighted by molar-refractivity contribution is 7.29. The van der Waals surface area contributed by atoms with Gasteiger partial charge in [0.15, 0.2) is 0 Å². The Morgan fingerprint density at radius 3 is 1.05 bits per heavy atom. The molecule has 0 saturated carbocycles. The maximum atomic E-state index is 2.42. The van der Waals surface area contributed by atoms with Crippen molar-refractivity contribution in [3.05, 3.63) is 133 Å². The van der Waals surface area contributed by atoms with Gasteiger partial charge in [0.1, 0.15) is 0 Å². The summed E-state index contributed by atoms with van der Waals surface area (Å²) in [6, 6.07) is 49.6. The van der Waals surface area contributed by atoms with Crippen molar-refractivity contribution in [1.82, 2.24) is 0 Å². The van der Waals surface area contributed by atoms with E-state index in [4.69, 9.17) is 0 Å². The van der Waals surface area contributed by atoms with Gasteiger partial charge < -0.3 is 0 Å². The summed E-state index contributed by atoms with van der Waals surface area (Å²) >= 11 is 7.65. The van der Waals surface area contributed by atoms with Crippen LogP contribution in [0.25, 0.3) is 92.5 Å². The lowest BCUT2D eigenvalue weighted by Crippen LogP contribution is -1.83. The molecule has 44 heavy (non-hydrogen) atoms. The van der Waals surface area contributed by atoms with E-state index < -0.39 is 0 Å². The fraction of sp³-hybridized carbons (Fsp3) is 0. The molecule has 6 aromatic carbocycles. The van der Waals surface area contributed by atoms with Crippen LogP contribution in [-0.2, 0) is 0 Å². The molecule has 10 aromatic rings. The van der Waals surface area contributed by atoms with E-state index in [9.17, 15) is 0 Å². The van der Waals surface area contributed by atoms with Crippen LogP contribution in [0, 0.1) is 0 Å². The van der Waals surface area contributed by atoms with Gasteiger partial charge in [0, 0.05) is 71.6 Å². The van der Waals surface area contributed by atoms with Crippen molar-refractivity contribution in [3.63, 3.8) is 0 Å². The van der Waals surface area contributed by atoms with Gasteiger partial charge in [-0.05, 0) is 47.5 Å². The first kappa shape index (κ1) is 25.1. The van der Waals surface area contributed by atoms with Crippen LogP contribution in [0.3, 0.4) is 0 Å². The molecule has 0 aliphatic rings. The maximum absolute atomic E-state index is 2.42. The Balaban J connectivity index is 1.26. The normalized spacial score (nSPS) is 12.1. The number of hydrogen-bond acceptors (Lipinski definition) is 4. The van der Waals surface area contributed by atoms with Gasteiger partial charge in [0.2, 0.25) is 0 Å². The van der Waals surface area contributed by atoms with E-state index in [1.807, 2.05) is 45.3 Å². The number of thiophene rings is 4. The molecule has 0 spiro atoms. The summed E-state index contributed by atoms with van der Waals surface area (Å²) in [5, 5.41) is 8.03. The standard InChI is InChI=1S/C40H22S4/c1-5-13-31-25(9-1)27-19-17-23(21-35(27)41-31)37-29-11-3-7-15-33(29)43-39(37)40-38(30-12-4-8-16-34(30)44-40)24-18-20-28-26-10-2-6-14-32(26)42-36(28)22-24/h1-22H. The lowest BCUT2D eigenvalue weighted by molar-refractivity contribution is 1.75. The van der Waals surface area contributed by atoms with Crippen molar-refractivity contribution in [2.45, 2.75) is 0 Å². The third kappa shape index (κ3) is 3.66. The molecule has 0 N–H and O–H groups in total. The predicted octanol–water partition coefficient (Wildman–Crippen LogP) is 13.9. The molecule has 0 amide bonds. The molecule has 0 atom stereocenters. The van der Waals surface area contributed by atoms with Gasteiger partial charge in [-0.25, -0.2) is 0 Å². The number of fused-ring (bicyclic) bond motifs is 8. The van der Waals surface area contributed by atoms with Gasteiger partial charge in [0.05, 0.1) is 9.75 Å². The molecule has 206 valence electrons. The Kier molecular flexibility index (Phi) is 5.46. The SMILES string of the molecule is c1ccc2c(-c3ccc4c(c3)sc3ccccc34)c(-c3sc4ccccc4c3-c3ccc4c(c3)sc3ccccc34)sc2c1. The lowest BCUT2D eigenvalue weighted by Gasteiger charge is -2.09. The molecule has 0 aliphatic heterocycles. The van der Waals surface area contributed by atoms with E-state index in [1.54, 1.807) is 0 Å². The second kappa shape index (κ2) is 9.59. The molecule has 0 saturated heterocycles. The highest BCUT2D eigenvalue weighted by Crippen LogP contribution is 2.53. The first-order valence-corrected chi connectivity index (χ1v) is 17.9. The molecular formula is C40H22S4. The van der Waals surface area contributed by atoms with E-state index in [2.05, 4.69) is 133 Å². The Morgan fingerprint density at radius 2 is 0.614 bits per heavy atom. The van der Waals surface area contributed by atoms with Gasteiger partial charge >= 0.3 is 0 Å². The molecule has 0 nitrogen and oxygen atoms in total. The summed E-state index contributed by atoms with van der Waals surface area (Å²) < 4.78 is 8.04. The summed E-state index contributed by atoms with van der Waals surface area (Å²) in [6.07, 6.45) is 0. The van der Waals surface area contributed by atoms with E-state index in [0.717, 1.165) is 0 Å². The average Bonchev–Trinajstić information content (AvgIpc) is 3.83. The van der Waals surface area contributed by atoms with Crippen molar-refractivity contribution in [3.8, 4) is 32.0 Å². The first-order valence-electron chi connectivity index (χ1n) is 14.7. The fourth-order valence-corrected chi connectivity index (χ4v) is 11.6. The highest BCUT2D eigenvalue weighted by Gasteiger charge is 2.23. The Labute approximate surface area is 269 Å². The molecule has 4 heterocycles. The van der Waals surface area contributed by atoms with Crippen LogP contribution in [0.2, 0.25) is 0 Å². The van der Waals surface area contributed by atoms with Gasteiger partial charge in [-0.2, -0.15) is 0 Å². The van der Waals surface area contributed by atoms with Crippen molar-refractivity contribution in [2.75, 3.05) is 0 Å². The van der Waals surface area contributed by atoms with Crippen LogP contribution in [0.1, 0.15) is 0 Å². The zero-order chi connectivity index (χ0) is 28.8. The van der Waals surface area contributed by atoms with Crippen LogP contribution < -0.4 is 0 Å². The van der Waals surface area contributed by atoms with E-state index in [-0.39, 0.29) is 0 Å². The third-order valence-electron chi connectivity index (χ3n) is 8.73. The van der Waals surface area contributed by atoms with Crippen LogP contribution in [0.4, 0.5) is 0 Å². The van der Waals surface area contributed by atoms with Crippen molar-refractivity contribution >= 4 is 106 Å². The minimum Gasteiger partial charge on any atom is -0.135 e. The number of benzene rings is 6. The fourth-order valence-electron chi connectivity index (χ4n) is 6.75. The van der Waals surface area contributed by atoms with Gasteiger partial charge in [-0.15, -0.1) is 45.3 Å². The van der Waals surface area contributed by atoms with E-state index >= 15 is 0 Å². The zero-order valence-electron chi connectivity index (χ0n) is 23.3. The second-order valence-electron chi connectivity index (χ2n) is 11.2. The van der Waals surface area contributed by atoms with E-state index in [1.165, 1.54) is 92.5 Å². The van der Waals surface area contributed by atoms with Crippen LogP contribution in [0.5, 0.6) is 0 Å². The maximum Gasteiger partial charge on any atom is 0.0540 e. The second-order valence-corrected chi connectivity index (χ2v) is 15.5. The quantitative estimate of drug-likeness (QED) is 0.182. The average molecular weight is 631 g/mol. The molecule has 0 unspecified atom stereocenters.